The van der Waals surface area contributed by atoms with Gasteiger partial charge in [0.1, 0.15) is 5.82 Å². The fourth-order valence-corrected chi connectivity index (χ4v) is 3.25. The van der Waals surface area contributed by atoms with Crippen molar-refractivity contribution in [2.75, 3.05) is 0 Å². The second kappa shape index (κ2) is 3.01. The Morgan fingerprint density at radius 1 is 1.33 bits per heavy atom. The first-order chi connectivity index (χ1) is 7.23. The molecule has 0 spiro atoms. The summed E-state index contributed by atoms with van der Waals surface area (Å²) in [6, 6.07) is 1.99. The van der Waals surface area contributed by atoms with Crippen molar-refractivity contribution in [3.05, 3.63) is 23.8 Å². The predicted octanol–water partition coefficient (Wildman–Crippen LogP) is 1.76. The molecule has 2 N–H and O–H groups in total. The Balaban J connectivity index is 1.94. The molecule has 1 aromatic heterocycles. The molecule has 0 amide bonds. The van der Waals surface area contributed by atoms with Crippen LogP contribution >= 0.6 is 0 Å². The number of aromatic nitrogens is 2. The summed E-state index contributed by atoms with van der Waals surface area (Å²) in [6.45, 7) is 1.93. The SMILES string of the molecule is Cc1nccc(C2(N)C3CCCCC32)n1. The van der Waals surface area contributed by atoms with Crippen molar-refractivity contribution in [3.63, 3.8) is 0 Å². The Labute approximate surface area is 90.1 Å². The summed E-state index contributed by atoms with van der Waals surface area (Å²) in [7, 11) is 0. The Morgan fingerprint density at radius 3 is 2.60 bits per heavy atom. The molecular formula is C12H17N3. The average Bonchev–Trinajstić information content (AvgIpc) is 2.87. The molecular weight excluding hydrogens is 186 g/mol. The number of rotatable bonds is 1. The lowest BCUT2D eigenvalue weighted by atomic mass is 10.0. The van der Waals surface area contributed by atoms with Gasteiger partial charge in [-0.15, -0.1) is 0 Å². The van der Waals surface area contributed by atoms with Crippen LogP contribution in [0.25, 0.3) is 0 Å². The van der Waals surface area contributed by atoms with Crippen LogP contribution in [-0.4, -0.2) is 9.97 Å². The van der Waals surface area contributed by atoms with Crippen molar-refractivity contribution in [1.82, 2.24) is 9.97 Å². The molecule has 0 bridgehead atoms. The highest BCUT2D eigenvalue weighted by Gasteiger charge is 2.63. The van der Waals surface area contributed by atoms with Gasteiger partial charge in [0.2, 0.25) is 0 Å². The van der Waals surface area contributed by atoms with Gasteiger partial charge in [0.15, 0.2) is 0 Å². The van der Waals surface area contributed by atoms with Crippen molar-refractivity contribution < 1.29 is 0 Å². The maximum absolute atomic E-state index is 6.50. The third kappa shape index (κ3) is 1.22. The van der Waals surface area contributed by atoms with Gasteiger partial charge in [-0.2, -0.15) is 0 Å². The molecule has 3 heteroatoms. The smallest absolute Gasteiger partial charge is 0.125 e. The molecule has 0 aliphatic heterocycles. The number of hydrogen-bond acceptors (Lipinski definition) is 3. The normalized spacial score (nSPS) is 38.5. The summed E-state index contributed by atoms with van der Waals surface area (Å²) in [6.07, 6.45) is 7.07. The van der Waals surface area contributed by atoms with Gasteiger partial charge in [0.05, 0.1) is 11.2 Å². The van der Waals surface area contributed by atoms with Crippen LogP contribution in [0.3, 0.4) is 0 Å². The lowest BCUT2D eigenvalue weighted by Crippen LogP contribution is -2.25. The minimum Gasteiger partial charge on any atom is -0.320 e. The Bertz CT molecular complexity index is 376. The highest BCUT2D eigenvalue weighted by atomic mass is 15.0. The van der Waals surface area contributed by atoms with E-state index >= 15 is 0 Å². The summed E-state index contributed by atoms with van der Waals surface area (Å²) < 4.78 is 0. The first-order valence-corrected chi connectivity index (χ1v) is 5.82. The lowest BCUT2D eigenvalue weighted by molar-refractivity contribution is 0.480. The van der Waals surface area contributed by atoms with E-state index in [0.29, 0.717) is 11.8 Å². The highest BCUT2D eigenvalue weighted by Crippen LogP contribution is 2.62. The molecule has 15 heavy (non-hydrogen) atoms. The third-order valence-corrected chi connectivity index (χ3v) is 4.10. The number of fused-ring (bicyclic) bond motifs is 1. The Morgan fingerprint density at radius 2 is 2.00 bits per heavy atom. The number of nitrogens with two attached hydrogens (primary N) is 1. The van der Waals surface area contributed by atoms with Crippen molar-refractivity contribution in [2.24, 2.45) is 17.6 Å². The summed E-state index contributed by atoms with van der Waals surface area (Å²) in [5.41, 5.74) is 7.44. The van der Waals surface area contributed by atoms with E-state index in [0.717, 1.165) is 11.5 Å². The van der Waals surface area contributed by atoms with Crippen molar-refractivity contribution in [1.29, 1.82) is 0 Å². The zero-order chi connectivity index (χ0) is 10.5. The number of hydrogen-bond donors (Lipinski definition) is 1. The molecule has 2 unspecified atom stereocenters. The molecule has 80 valence electrons. The van der Waals surface area contributed by atoms with Crippen molar-refractivity contribution in [2.45, 2.75) is 38.1 Å². The standard InChI is InChI=1S/C12H17N3/c1-8-14-7-6-11(15-8)12(13)9-4-2-3-5-10(9)12/h6-7,9-10H,2-5,13H2,1H3. The second-order valence-electron chi connectivity index (χ2n) is 4.92. The molecule has 1 aromatic rings. The van der Waals surface area contributed by atoms with Gasteiger partial charge in [0, 0.05) is 6.20 Å². The quantitative estimate of drug-likeness (QED) is 0.756. The van der Waals surface area contributed by atoms with E-state index in [1.807, 2.05) is 19.2 Å². The number of aryl methyl sites for hydroxylation is 1. The van der Waals surface area contributed by atoms with E-state index in [1.165, 1.54) is 25.7 Å². The third-order valence-electron chi connectivity index (χ3n) is 4.10. The predicted molar refractivity (Wildman–Crippen MR) is 58.1 cm³/mol. The second-order valence-corrected chi connectivity index (χ2v) is 4.92. The lowest BCUT2D eigenvalue weighted by Gasteiger charge is -2.10. The van der Waals surface area contributed by atoms with E-state index in [2.05, 4.69) is 9.97 Å². The minimum absolute atomic E-state index is 0.121. The first-order valence-electron chi connectivity index (χ1n) is 5.82. The minimum atomic E-state index is -0.121. The monoisotopic (exact) mass is 203 g/mol. The molecule has 2 aliphatic carbocycles. The average molecular weight is 203 g/mol. The van der Waals surface area contributed by atoms with Crippen LogP contribution in [-0.2, 0) is 5.54 Å². The van der Waals surface area contributed by atoms with E-state index in [9.17, 15) is 0 Å². The fourth-order valence-electron chi connectivity index (χ4n) is 3.25. The van der Waals surface area contributed by atoms with Gasteiger partial charge in [0.25, 0.3) is 0 Å². The summed E-state index contributed by atoms with van der Waals surface area (Å²) >= 11 is 0. The zero-order valence-corrected chi connectivity index (χ0v) is 9.11. The van der Waals surface area contributed by atoms with Gasteiger partial charge in [-0.3, -0.25) is 0 Å². The van der Waals surface area contributed by atoms with Gasteiger partial charge in [-0.1, -0.05) is 12.8 Å². The van der Waals surface area contributed by atoms with Gasteiger partial charge in [-0.05, 0) is 37.7 Å². The van der Waals surface area contributed by atoms with Crippen molar-refractivity contribution >= 4 is 0 Å². The van der Waals surface area contributed by atoms with Crippen LogP contribution in [0.5, 0.6) is 0 Å². The summed E-state index contributed by atoms with van der Waals surface area (Å²) in [5.74, 6) is 2.20. The highest BCUT2D eigenvalue weighted by molar-refractivity contribution is 5.29. The molecule has 0 saturated heterocycles. The molecule has 2 saturated carbocycles. The van der Waals surface area contributed by atoms with E-state index in [-0.39, 0.29) is 5.54 Å². The van der Waals surface area contributed by atoms with Gasteiger partial charge in [-0.25, -0.2) is 9.97 Å². The molecule has 2 atom stereocenters. The van der Waals surface area contributed by atoms with Gasteiger partial charge < -0.3 is 5.73 Å². The fraction of sp³-hybridized carbons (Fsp3) is 0.667. The Hall–Kier alpha value is -0.960. The van der Waals surface area contributed by atoms with Crippen LogP contribution in [0.15, 0.2) is 12.3 Å². The molecule has 0 aromatic carbocycles. The van der Waals surface area contributed by atoms with Crippen LogP contribution < -0.4 is 5.73 Å². The molecule has 3 nitrogen and oxygen atoms in total. The first kappa shape index (κ1) is 9.28. The molecule has 0 radical (unpaired) electrons. The van der Waals surface area contributed by atoms with Gasteiger partial charge >= 0.3 is 0 Å². The zero-order valence-electron chi connectivity index (χ0n) is 9.11. The van der Waals surface area contributed by atoms with Crippen LogP contribution in [0.1, 0.15) is 37.2 Å². The van der Waals surface area contributed by atoms with Crippen LogP contribution in [0.2, 0.25) is 0 Å². The molecule has 2 aliphatic rings. The van der Waals surface area contributed by atoms with Crippen LogP contribution in [0.4, 0.5) is 0 Å². The topological polar surface area (TPSA) is 51.8 Å². The van der Waals surface area contributed by atoms with Crippen molar-refractivity contribution in [3.8, 4) is 0 Å². The van der Waals surface area contributed by atoms with E-state index in [4.69, 9.17) is 5.73 Å². The molecule has 1 heterocycles. The molecule has 3 rings (SSSR count). The van der Waals surface area contributed by atoms with E-state index < -0.39 is 0 Å². The Kier molecular flexibility index (Phi) is 1.87. The maximum atomic E-state index is 6.50. The maximum Gasteiger partial charge on any atom is 0.125 e. The summed E-state index contributed by atoms with van der Waals surface area (Å²) in [5, 5.41) is 0. The largest absolute Gasteiger partial charge is 0.320 e. The summed E-state index contributed by atoms with van der Waals surface area (Å²) in [4.78, 5) is 8.63. The molecule has 2 fully saturated rings. The number of nitrogens with zero attached hydrogens (tertiary/aromatic N) is 2. The van der Waals surface area contributed by atoms with E-state index in [1.54, 1.807) is 0 Å². The van der Waals surface area contributed by atoms with Crippen LogP contribution in [0, 0.1) is 18.8 Å².